The van der Waals surface area contributed by atoms with E-state index in [-0.39, 0.29) is 11.7 Å². The average molecular weight is 437 g/mol. The predicted molar refractivity (Wildman–Crippen MR) is 125 cm³/mol. The Morgan fingerprint density at radius 2 is 1.65 bits per heavy atom. The highest BCUT2D eigenvalue weighted by Crippen LogP contribution is 2.32. The molecule has 0 radical (unpaired) electrons. The van der Waals surface area contributed by atoms with Crippen molar-refractivity contribution in [2.75, 3.05) is 10.6 Å². The first-order chi connectivity index (χ1) is 14.6. The molecule has 2 amide bonds. The largest absolute Gasteiger partial charge is 0.444 e. The maximum atomic E-state index is 12.8. The zero-order valence-electron chi connectivity index (χ0n) is 17.5. The molecule has 0 spiro atoms. The van der Waals surface area contributed by atoms with E-state index >= 15 is 0 Å². The quantitative estimate of drug-likeness (QED) is 0.321. The molecule has 2 aromatic carbocycles. The highest BCUT2D eigenvalue weighted by molar-refractivity contribution is 7.13. The molecule has 8 heteroatoms. The molecular formula is C23H24N4O3S. The first kappa shape index (κ1) is 22.0. The van der Waals surface area contributed by atoms with E-state index in [1.54, 1.807) is 68.5 Å². The number of nitrogens with two attached hydrogens (primary N) is 1. The number of benzene rings is 2. The molecular weight excluding hydrogens is 412 g/mol. The number of nitrogen functional groups attached to an aromatic ring is 1. The molecule has 0 aliphatic carbocycles. The third-order valence-corrected chi connectivity index (χ3v) is 5.09. The third-order valence-electron chi connectivity index (χ3n) is 4.17. The summed E-state index contributed by atoms with van der Waals surface area (Å²) in [5, 5.41) is 15.0. The van der Waals surface area contributed by atoms with Crippen molar-refractivity contribution in [3.05, 3.63) is 71.1 Å². The minimum atomic E-state index is -0.650. The molecule has 3 rings (SSSR count). The zero-order chi connectivity index (χ0) is 22.6. The van der Waals surface area contributed by atoms with Crippen LogP contribution in [0.3, 0.4) is 0 Å². The van der Waals surface area contributed by atoms with Gasteiger partial charge in [-0.1, -0.05) is 24.3 Å². The number of nitrogens with one attached hydrogen (secondary N) is 3. The molecule has 0 bridgehead atoms. The molecule has 1 aromatic heterocycles. The highest BCUT2D eigenvalue weighted by Gasteiger charge is 2.18. The molecule has 0 saturated carbocycles. The van der Waals surface area contributed by atoms with Crippen LogP contribution in [0.4, 0.5) is 16.2 Å². The molecule has 0 unspecified atom stereocenters. The van der Waals surface area contributed by atoms with Gasteiger partial charge >= 0.3 is 6.09 Å². The van der Waals surface area contributed by atoms with Gasteiger partial charge in [0.15, 0.2) is 0 Å². The van der Waals surface area contributed by atoms with Crippen molar-refractivity contribution in [3.8, 4) is 10.4 Å². The second kappa shape index (κ2) is 9.01. The molecule has 0 aliphatic rings. The summed E-state index contributed by atoms with van der Waals surface area (Å²) >= 11 is 1.58. The summed E-state index contributed by atoms with van der Waals surface area (Å²) in [6, 6.07) is 15.7. The van der Waals surface area contributed by atoms with Crippen LogP contribution in [0.25, 0.3) is 10.4 Å². The first-order valence-corrected chi connectivity index (χ1v) is 10.4. The number of anilines is 2. The second-order valence-electron chi connectivity index (χ2n) is 7.81. The van der Waals surface area contributed by atoms with Gasteiger partial charge in [-0.25, -0.2) is 4.79 Å². The molecule has 1 heterocycles. The van der Waals surface area contributed by atoms with E-state index in [2.05, 4.69) is 10.6 Å². The average Bonchev–Trinajstić information content (AvgIpc) is 3.22. The topological polar surface area (TPSA) is 117 Å². The van der Waals surface area contributed by atoms with Crippen molar-refractivity contribution in [1.82, 2.24) is 0 Å². The van der Waals surface area contributed by atoms with Crippen molar-refractivity contribution in [2.45, 2.75) is 26.4 Å². The van der Waals surface area contributed by atoms with Crippen molar-refractivity contribution in [3.63, 3.8) is 0 Å². The van der Waals surface area contributed by atoms with Crippen LogP contribution in [0.1, 0.15) is 36.7 Å². The van der Waals surface area contributed by atoms with Gasteiger partial charge in [-0.15, -0.1) is 11.3 Å². The summed E-state index contributed by atoms with van der Waals surface area (Å²) < 4.78 is 5.33. The van der Waals surface area contributed by atoms with Crippen LogP contribution in [0.5, 0.6) is 0 Å². The fourth-order valence-electron chi connectivity index (χ4n) is 2.76. The number of thiophene rings is 1. The van der Waals surface area contributed by atoms with Crippen LogP contribution in [0.2, 0.25) is 0 Å². The summed E-state index contributed by atoms with van der Waals surface area (Å²) in [6.07, 6.45) is -0.613. The van der Waals surface area contributed by atoms with Gasteiger partial charge in [0.05, 0.1) is 11.4 Å². The van der Waals surface area contributed by atoms with Crippen LogP contribution in [0, 0.1) is 5.41 Å². The molecule has 0 fully saturated rings. The molecule has 7 nitrogen and oxygen atoms in total. The Morgan fingerprint density at radius 3 is 2.23 bits per heavy atom. The van der Waals surface area contributed by atoms with E-state index in [4.69, 9.17) is 15.9 Å². The minimum absolute atomic E-state index is 0.0699. The van der Waals surface area contributed by atoms with Gasteiger partial charge in [-0.05, 0) is 62.0 Å². The number of amides is 2. The summed E-state index contributed by atoms with van der Waals surface area (Å²) in [5.74, 6) is -0.426. The van der Waals surface area contributed by atoms with Crippen LogP contribution in [0.15, 0.2) is 60.0 Å². The molecule has 0 atom stereocenters. The predicted octanol–water partition coefficient (Wildman–Crippen LogP) is 5.30. The first-order valence-electron chi connectivity index (χ1n) is 9.56. The number of hydrogen-bond donors (Lipinski definition) is 4. The molecule has 5 N–H and O–H groups in total. The molecule has 0 aliphatic heterocycles. The summed E-state index contributed by atoms with van der Waals surface area (Å²) in [7, 11) is 0. The SMILES string of the molecule is CC(C)(C)OC(=O)Nc1ccc(-c2cccs2)cc1NC(=O)c1ccc(C(=N)N)cc1. The molecule has 31 heavy (non-hydrogen) atoms. The smallest absolute Gasteiger partial charge is 0.412 e. The zero-order valence-corrected chi connectivity index (χ0v) is 18.3. The van der Waals surface area contributed by atoms with Crippen molar-refractivity contribution < 1.29 is 14.3 Å². The van der Waals surface area contributed by atoms with E-state index in [1.165, 1.54) is 0 Å². The normalized spacial score (nSPS) is 10.9. The highest BCUT2D eigenvalue weighted by atomic mass is 32.1. The van der Waals surface area contributed by atoms with Crippen LogP contribution >= 0.6 is 11.3 Å². The van der Waals surface area contributed by atoms with Crippen molar-refractivity contribution >= 4 is 40.5 Å². The lowest BCUT2D eigenvalue weighted by atomic mass is 10.1. The summed E-state index contributed by atoms with van der Waals surface area (Å²) in [6.45, 7) is 5.33. The van der Waals surface area contributed by atoms with Gasteiger partial charge in [0, 0.05) is 16.0 Å². The fourth-order valence-corrected chi connectivity index (χ4v) is 3.49. The Kier molecular flexibility index (Phi) is 6.41. The number of hydrogen-bond acceptors (Lipinski definition) is 5. The Hall–Kier alpha value is -3.65. The Morgan fingerprint density at radius 1 is 0.968 bits per heavy atom. The number of amidine groups is 1. The summed E-state index contributed by atoms with van der Waals surface area (Å²) in [4.78, 5) is 26.1. The maximum Gasteiger partial charge on any atom is 0.412 e. The lowest BCUT2D eigenvalue weighted by Crippen LogP contribution is -2.27. The Bertz CT molecular complexity index is 1100. The van der Waals surface area contributed by atoms with E-state index in [0.29, 0.717) is 22.5 Å². The number of carbonyl (C=O) groups is 2. The number of carbonyl (C=O) groups excluding carboxylic acids is 2. The van der Waals surface area contributed by atoms with Gasteiger partial charge in [-0.3, -0.25) is 15.5 Å². The van der Waals surface area contributed by atoms with Gasteiger partial charge < -0.3 is 15.8 Å². The molecule has 3 aromatic rings. The maximum absolute atomic E-state index is 12.8. The number of rotatable bonds is 5. The second-order valence-corrected chi connectivity index (χ2v) is 8.76. The van der Waals surface area contributed by atoms with Crippen molar-refractivity contribution in [1.29, 1.82) is 5.41 Å². The van der Waals surface area contributed by atoms with Gasteiger partial charge in [0.2, 0.25) is 0 Å². The standard InChI is InChI=1S/C23H24N4O3S/c1-23(2,3)30-22(29)27-17-11-10-16(19-5-4-12-31-19)13-18(17)26-21(28)15-8-6-14(7-9-15)20(24)25/h4-13H,1-3H3,(H3,24,25)(H,26,28)(H,27,29). The van der Waals surface area contributed by atoms with Crippen LogP contribution in [-0.4, -0.2) is 23.4 Å². The lowest BCUT2D eigenvalue weighted by Gasteiger charge is -2.21. The van der Waals surface area contributed by atoms with Crippen LogP contribution < -0.4 is 16.4 Å². The third kappa shape index (κ3) is 5.93. The van der Waals surface area contributed by atoms with E-state index in [0.717, 1.165) is 10.4 Å². The van der Waals surface area contributed by atoms with Crippen LogP contribution in [-0.2, 0) is 4.74 Å². The summed E-state index contributed by atoms with van der Waals surface area (Å²) in [5.41, 5.74) is 7.52. The van der Waals surface area contributed by atoms with Crippen molar-refractivity contribution in [2.24, 2.45) is 5.73 Å². The van der Waals surface area contributed by atoms with Gasteiger partial charge in [0.1, 0.15) is 11.4 Å². The molecule has 160 valence electrons. The number of ether oxygens (including phenoxy) is 1. The minimum Gasteiger partial charge on any atom is -0.444 e. The van der Waals surface area contributed by atoms with Gasteiger partial charge in [0.25, 0.3) is 5.91 Å². The fraction of sp³-hybridized carbons (Fsp3) is 0.174. The van der Waals surface area contributed by atoms with Gasteiger partial charge in [-0.2, -0.15) is 0 Å². The molecule has 0 saturated heterocycles. The Labute approximate surface area is 184 Å². The lowest BCUT2D eigenvalue weighted by molar-refractivity contribution is 0.0635. The van der Waals surface area contributed by atoms with E-state index in [9.17, 15) is 9.59 Å². The monoisotopic (exact) mass is 436 g/mol. The Balaban J connectivity index is 1.89. The van der Waals surface area contributed by atoms with E-state index in [1.807, 2.05) is 23.6 Å². The van der Waals surface area contributed by atoms with E-state index < -0.39 is 11.7 Å².